The number of rotatable bonds is 2. The van der Waals surface area contributed by atoms with Gasteiger partial charge in [0.2, 0.25) is 0 Å². The molecule has 0 aliphatic rings. The van der Waals surface area contributed by atoms with Crippen LogP contribution in [0, 0.1) is 6.92 Å². The van der Waals surface area contributed by atoms with Gasteiger partial charge in [0.25, 0.3) is 0 Å². The standard InChI is InChI=1S/C15H13N3O2/c1-9-2-5-14(19)10(6-9)8-16-11-3-4-12-13(7-11)18-15(20)17-12/h2-8,19H,1H3,(H2,17,18,20). The zero-order valence-corrected chi connectivity index (χ0v) is 10.8. The number of aliphatic imine (C=N–C) groups is 1. The summed E-state index contributed by atoms with van der Waals surface area (Å²) in [5.41, 5.74) is 3.62. The van der Waals surface area contributed by atoms with Crippen LogP contribution in [0.4, 0.5) is 5.69 Å². The minimum atomic E-state index is -0.238. The van der Waals surface area contributed by atoms with Crippen LogP contribution in [0.2, 0.25) is 0 Å². The summed E-state index contributed by atoms with van der Waals surface area (Å²) in [4.78, 5) is 20.9. The predicted molar refractivity (Wildman–Crippen MR) is 79.0 cm³/mol. The van der Waals surface area contributed by atoms with Crippen LogP contribution in [-0.2, 0) is 0 Å². The average Bonchev–Trinajstić information content (AvgIpc) is 2.79. The molecule has 0 spiro atoms. The van der Waals surface area contributed by atoms with Crippen molar-refractivity contribution in [3.05, 3.63) is 58.0 Å². The van der Waals surface area contributed by atoms with E-state index in [-0.39, 0.29) is 11.4 Å². The maximum absolute atomic E-state index is 11.2. The average molecular weight is 267 g/mol. The van der Waals surface area contributed by atoms with Gasteiger partial charge in [0.1, 0.15) is 5.75 Å². The van der Waals surface area contributed by atoms with Gasteiger partial charge in [-0.2, -0.15) is 0 Å². The molecule has 2 aromatic carbocycles. The second kappa shape index (κ2) is 4.70. The number of aryl methyl sites for hydroxylation is 1. The number of aromatic nitrogens is 2. The fraction of sp³-hybridized carbons (Fsp3) is 0.0667. The first-order valence-corrected chi connectivity index (χ1v) is 6.17. The van der Waals surface area contributed by atoms with E-state index in [1.807, 2.05) is 19.1 Å². The maximum Gasteiger partial charge on any atom is 0.323 e. The molecule has 3 aromatic rings. The van der Waals surface area contributed by atoms with Crippen LogP contribution in [0.1, 0.15) is 11.1 Å². The number of phenols is 1. The molecule has 100 valence electrons. The smallest absolute Gasteiger partial charge is 0.323 e. The molecule has 0 aliphatic carbocycles. The van der Waals surface area contributed by atoms with E-state index < -0.39 is 0 Å². The minimum Gasteiger partial charge on any atom is -0.507 e. The van der Waals surface area contributed by atoms with Gasteiger partial charge >= 0.3 is 5.69 Å². The number of phenolic OH excluding ortho intramolecular Hbond substituents is 1. The second-order valence-electron chi connectivity index (χ2n) is 4.63. The van der Waals surface area contributed by atoms with Crippen molar-refractivity contribution in [3.63, 3.8) is 0 Å². The molecule has 0 saturated heterocycles. The van der Waals surface area contributed by atoms with E-state index in [4.69, 9.17) is 0 Å². The third kappa shape index (κ3) is 2.33. The highest BCUT2D eigenvalue weighted by molar-refractivity contribution is 5.87. The molecule has 0 bridgehead atoms. The molecule has 0 fully saturated rings. The number of H-pyrrole nitrogens is 2. The van der Waals surface area contributed by atoms with Gasteiger partial charge in [0.15, 0.2) is 0 Å². The van der Waals surface area contributed by atoms with Gasteiger partial charge in [-0.3, -0.25) is 4.99 Å². The molecule has 0 radical (unpaired) electrons. The number of imidazole rings is 1. The van der Waals surface area contributed by atoms with Crippen molar-refractivity contribution in [3.8, 4) is 5.75 Å². The van der Waals surface area contributed by atoms with Crippen LogP contribution in [0.25, 0.3) is 11.0 Å². The molecule has 1 aromatic heterocycles. The van der Waals surface area contributed by atoms with Crippen molar-refractivity contribution < 1.29 is 5.11 Å². The maximum atomic E-state index is 11.2. The van der Waals surface area contributed by atoms with Gasteiger partial charge in [-0.15, -0.1) is 0 Å². The molecule has 5 heteroatoms. The van der Waals surface area contributed by atoms with Gasteiger partial charge in [0.05, 0.1) is 16.7 Å². The van der Waals surface area contributed by atoms with Crippen LogP contribution in [0.15, 0.2) is 46.2 Å². The second-order valence-corrected chi connectivity index (χ2v) is 4.63. The number of fused-ring (bicyclic) bond motifs is 1. The third-order valence-corrected chi connectivity index (χ3v) is 3.04. The first-order chi connectivity index (χ1) is 9.61. The monoisotopic (exact) mass is 267 g/mol. The van der Waals surface area contributed by atoms with E-state index in [1.54, 1.807) is 30.5 Å². The number of aromatic amines is 2. The molecule has 1 heterocycles. The van der Waals surface area contributed by atoms with E-state index in [1.165, 1.54) is 0 Å². The minimum absolute atomic E-state index is 0.190. The molecule has 0 atom stereocenters. The number of nitrogens with one attached hydrogen (secondary N) is 2. The first-order valence-electron chi connectivity index (χ1n) is 6.17. The van der Waals surface area contributed by atoms with Crippen LogP contribution < -0.4 is 5.69 Å². The fourth-order valence-electron chi connectivity index (χ4n) is 2.02. The summed E-state index contributed by atoms with van der Waals surface area (Å²) in [5, 5.41) is 9.74. The van der Waals surface area contributed by atoms with E-state index in [9.17, 15) is 9.90 Å². The molecule has 3 rings (SSSR count). The molecule has 3 N–H and O–H groups in total. The van der Waals surface area contributed by atoms with E-state index in [0.29, 0.717) is 16.8 Å². The van der Waals surface area contributed by atoms with Crippen LogP contribution in [0.5, 0.6) is 5.75 Å². The molecule has 0 amide bonds. The molecule has 0 saturated carbocycles. The largest absolute Gasteiger partial charge is 0.507 e. The highest BCUT2D eigenvalue weighted by Crippen LogP contribution is 2.20. The number of benzene rings is 2. The molecule has 5 nitrogen and oxygen atoms in total. The SMILES string of the molecule is Cc1ccc(O)c(C=Nc2ccc3[nH]c(=O)[nH]c3c2)c1. The van der Waals surface area contributed by atoms with Crippen molar-refractivity contribution >= 4 is 22.9 Å². The highest BCUT2D eigenvalue weighted by atomic mass is 16.3. The van der Waals surface area contributed by atoms with Gasteiger partial charge < -0.3 is 15.1 Å². The van der Waals surface area contributed by atoms with Crippen molar-refractivity contribution in [2.75, 3.05) is 0 Å². The summed E-state index contributed by atoms with van der Waals surface area (Å²) in [5.74, 6) is 0.190. The van der Waals surface area contributed by atoms with Gasteiger partial charge in [-0.05, 0) is 37.3 Å². The zero-order chi connectivity index (χ0) is 14.1. The van der Waals surface area contributed by atoms with Crippen molar-refractivity contribution in [2.24, 2.45) is 4.99 Å². The zero-order valence-electron chi connectivity index (χ0n) is 10.8. The Morgan fingerprint density at radius 3 is 2.75 bits per heavy atom. The van der Waals surface area contributed by atoms with Gasteiger partial charge in [-0.1, -0.05) is 11.6 Å². The fourth-order valence-corrected chi connectivity index (χ4v) is 2.02. The van der Waals surface area contributed by atoms with E-state index >= 15 is 0 Å². The molecule has 0 unspecified atom stereocenters. The Hall–Kier alpha value is -2.82. The molecular formula is C15H13N3O2. The van der Waals surface area contributed by atoms with Crippen molar-refractivity contribution in [1.82, 2.24) is 9.97 Å². The van der Waals surface area contributed by atoms with Crippen molar-refractivity contribution in [2.45, 2.75) is 6.92 Å². The van der Waals surface area contributed by atoms with Crippen LogP contribution >= 0.6 is 0 Å². The Bertz CT molecular complexity index is 859. The van der Waals surface area contributed by atoms with Gasteiger partial charge in [0, 0.05) is 11.8 Å². The van der Waals surface area contributed by atoms with Crippen molar-refractivity contribution in [1.29, 1.82) is 0 Å². The predicted octanol–water partition coefficient (Wildman–Crippen LogP) is 2.62. The molecule has 20 heavy (non-hydrogen) atoms. The summed E-state index contributed by atoms with van der Waals surface area (Å²) in [6.45, 7) is 1.95. The summed E-state index contributed by atoms with van der Waals surface area (Å²) in [6.07, 6.45) is 1.61. The Balaban J connectivity index is 1.97. The lowest BCUT2D eigenvalue weighted by Crippen LogP contribution is -1.99. The lowest BCUT2D eigenvalue weighted by molar-refractivity contribution is 0.474. The summed E-state index contributed by atoms with van der Waals surface area (Å²) in [6, 6.07) is 10.7. The number of hydrogen-bond donors (Lipinski definition) is 3. The molecule has 0 aliphatic heterocycles. The van der Waals surface area contributed by atoms with E-state index in [0.717, 1.165) is 11.1 Å². The Morgan fingerprint density at radius 2 is 1.90 bits per heavy atom. The quantitative estimate of drug-likeness (QED) is 0.624. The topological polar surface area (TPSA) is 81.2 Å². The Kier molecular flexibility index (Phi) is 2.87. The van der Waals surface area contributed by atoms with Crippen LogP contribution in [0.3, 0.4) is 0 Å². The normalized spacial score (nSPS) is 11.4. The van der Waals surface area contributed by atoms with Gasteiger partial charge in [-0.25, -0.2) is 4.79 Å². The van der Waals surface area contributed by atoms with Crippen LogP contribution in [-0.4, -0.2) is 21.3 Å². The number of aromatic hydroxyl groups is 1. The third-order valence-electron chi connectivity index (χ3n) is 3.04. The van der Waals surface area contributed by atoms with E-state index in [2.05, 4.69) is 15.0 Å². The molecular weight excluding hydrogens is 254 g/mol. The number of nitrogens with zero attached hydrogens (tertiary/aromatic N) is 1. The lowest BCUT2D eigenvalue weighted by Gasteiger charge is -2.00. The summed E-state index contributed by atoms with van der Waals surface area (Å²) in [7, 11) is 0. The lowest BCUT2D eigenvalue weighted by atomic mass is 10.1. The summed E-state index contributed by atoms with van der Waals surface area (Å²) < 4.78 is 0. The first kappa shape index (κ1) is 12.2. The number of hydrogen-bond acceptors (Lipinski definition) is 3. The Labute approximate surface area is 114 Å². The highest BCUT2D eigenvalue weighted by Gasteiger charge is 2.00. The Morgan fingerprint density at radius 1 is 1.10 bits per heavy atom. The summed E-state index contributed by atoms with van der Waals surface area (Å²) >= 11 is 0.